The Morgan fingerprint density at radius 2 is 1.60 bits per heavy atom. The van der Waals surface area contributed by atoms with Crippen LogP contribution in [0.15, 0.2) is 60.7 Å². The normalized spacial score (nSPS) is 25.8. The average Bonchev–Trinajstić information content (AvgIpc) is 3.20. The summed E-state index contributed by atoms with van der Waals surface area (Å²) in [6.07, 6.45) is 2.02. The Bertz CT molecular complexity index is 810. The molecular formula is C21H22N2O2. The summed E-state index contributed by atoms with van der Waals surface area (Å²) < 4.78 is 0.945. The van der Waals surface area contributed by atoms with E-state index in [1.165, 1.54) is 0 Å². The van der Waals surface area contributed by atoms with E-state index in [0.29, 0.717) is 5.71 Å². The van der Waals surface area contributed by atoms with E-state index in [1.54, 1.807) is 0 Å². The fraction of sp³-hybridized carbons (Fsp3) is 0.333. The van der Waals surface area contributed by atoms with Crippen LogP contribution in [0.1, 0.15) is 36.8 Å². The predicted octanol–water partition coefficient (Wildman–Crippen LogP) is 3.27. The van der Waals surface area contributed by atoms with Gasteiger partial charge in [0.25, 0.3) is 5.54 Å². The summed E-state index contributed by atoms with van der Waals surface area (Å²) in [5.74, 6) is -0.285. The molecule has 0 spiro atoms. The molecule has 1 fully saturated rings. The Labute approximate surface area is 148 Å². The van der Waals surface area contributed by atoms with Crippen LogP contribution in [0.2, 0.25) is 0 Å². The molecule has 2 aromatic carbocycles. The highest BCUT2D eigenvalue weighted by Gasteiger charge is 2.67. The molecule has 4 heteroatoms. The number of likely N-dealkylation sites (tertiary alicyclic amines) is 1. The summed E-state index contributed by atoms with van der Waals surface area (Å²) >= 11 is 0. The van der Waals surface area contributed by atoms with Gasteiger partial charge in [0.05, 0.1) is 0 Å². The van der Waals surface area contributed by atoms with Crippen molar-refractivity contribution in [3.63, 3.8) is 0 Å². The first-order valence-electron chi connectivity index (χ1n) is 8.88. The number of hydrogen-bond acceptors (Lipinski definition) is 2. The number of rotatable bonds is 3. The highest BCUT2D eigenvalue weighted by atomic mass is 16.5. The summed E-state index contributed by atoms with van der Waals surface area (Å²) in [7, 11) is 0. The number of carbonyl (C=O) groups excluding carboxylic acids is 1. The zero-order valence-electron chi connectivity index (χ0n) is 14.4. The van der Waals surface area contributed by atoms with Gasteiger partial charge in [0, 0.05) is 25.6 Å². The molecule has 25 heavy (non-hydrogen) atoms. The molecule has 0 radical (unpaired) electrons. The topological polar surface area (TPSA) is 46.4 Å². The zero-order valence-corrected chi connectivity index (χ0v) is 14.4. The minimum atomic E-state index is -1.18. The molecule has 0 N–H and O–H groups in total. The van der Waals surface area contributed by atoms with E-state index in [9.17, 15) is 10.0 Å². The molecular weight excluding hydrogens is 312 g/mol. The molecule has 2 aliphatic rings. The predicted molar refractivity (Wildman–Crippen MR) is 97.4 cm³/mol. The number of benzene rings is 2. The fourth-order valence-corrected chi connectivity index (χ4v) is 4.35. The molecule has 0 aliphatic carbocycles. The van der Waals surface area contributed by atoms with E-state index in [2.05, 4.69) is 0 Å². The summed E-state index contributed by atoms with van der Waals surface area (Å²) in [4.78, 5) is 15.4. The molecule has 128 valence electrons. The molecule has 1 saturated heterocycles. The van der Waals surface area contributed by atoms with Crippen LogP contribution in [0.4, 0.5) is 0 Å². The van der Waals surface area contributed by atoms with Crippen LogP contribution in [0.25, 0.3) is 0 Å². The van der Waals surface area contributed by atoms with Crippen molar-refractivity contribution in [2.45, 2.75) is 31.2 Å². The third kappa shape index (κ3) is 2.20. The van der Waals surface area contributed by atoms with E-state index in [0.717, 1.165) is 41.8 Å². The van der Waals surface area contributed by atoms with Gasteiger partial charge in [-0.1, -0.05) is 60.7 Å². The van der Waals surface area contributed by atoms with Gasteiger partial charge in [-0.25, -0.2) is 0 Å². The number of hydrogen-bond donors (Lipinski definition) is 0. The molecule has 4 nitrogen and oxygen atoms in total. The number of hydroxylamine groups is 1. The van der Waals surface area contributed by atoms with E-state index in [4.69, 9.17) is 0 Å². The van der Waals surface area contributed by atoms with E-state index in [-0.39, 0.29) is 11.8 Å². The van der Waals surface area contributed by atoms with Crippen molar-refractivity contribution in [3.05, 3.63) is 77.0 Å². The summed E-state index contributed by atoms with van der Waals surface area (Å²) in [5.41, 5.74) is 1.31. The molecule has 0 unspecified atom stereocenters. The fourth-order valence-electron chi connectivity index (χ4n) is 4.35. The minimum Gasteiger partial charge on any atom is -0.623 e. The molecule has 2 atom stereocenters. The van der Waals surface area contributed by atoms with E-state index < -0.39 is 5.54 Å². The third-order valence-electron chi connectivity index (χ3n) is 5.54. The molecule has 2 heterocycles. The van der Waals surface area contributed by atoms with Gasteiger partial charge in [-0.15, -0.1) is 0 Å². The Kier molecular flexibility index (Phi) is 3.83. The molecule has 0 saturated carbocycles. The number of amides is 1. The van der Waals surface area contributed by atoms with Crippen LogP contribution >= 0.6 is 0 Å². The molecule has 4 rings (SSSR count). The lowest BCUT2D eigenvalue weighted by Gasteiger charge is -2.46. The average molecular weight is 334 g/mol. The van der Waals surface area contributed by atoms with Gasteiger partial charge < -0.3 is 10.1 Å². The van der Waals surface area contributed by atoms with Crippen molar-refractivity contribution >= 4 is 11.6 Å². The highest BCUT2D eigenvalue weighted by molar-refractivity contribution is 6.02. The zero-order chi connectivity index (χ0) is 17.4. The summed E-state index contributed by atoms with van der Waals surface area (Å²) in [5, 5.41) is 13.1. The molecule has 0 bridgehead atoms. The van der Waals surface area contributed by atoms with Crippen molar-refractivity contribution < 1.29 is 9.53 Å². The van der Waals surface area contributed by atoms with E-state index in [1.807, 2.05) is 72.5 Å². The standard InChI is InChI=1S/C21H22N2O2/c1-16-19(17-10-4-2-5-11-17)21(23(16)25,18-12-6-3-7-13-18)20(24)22-14-8-9-15-22/h2-7,10-13,19H,8-9,14-15H2,1H3/t19-,21-/m1/s1. The second-order valence-electron chi connectivity index (χ2n) is 6.91. The Hall–Kier alpha value is -2.62. The van der Waals surface area contributed by atoms with Gasteiger partial charge in [0.15, 0.2) is 5.71 Å². The third-order valence-corrected chi connectivity index (χ3v) is 5.54. The maximum Gasteiger partial charge on any atom is 0.301 e. The van der Waals surface area contributed by atoms with Gasteiger partial charge in [-0.05, 0) is 18.4 Å². The second-order valence-corrected chi connectivity index (χ2v) is 6.91. The van der Waals surface area contributed by atoms with Crippen LogP contribution in [-0.4, -0.2) is 34.3 Å². The van der Waals surface area contributed by atoms with Gasteiger partial charge >= 0.3 is 5.91 Å². The Morgan fingerprint density at radius 1 is 1.04 bits per heavy atom. The van der Waals surface area contributed by atoms with Crippen LogP contribution < -0.4 is 0 Å². The summed E-state index contributed by atoms with van der Waals surface area (Å²) in [6.45, 7) is 3.31. The lowest BCUT2D eigenvalue weighted by Crippen LogP contribution is -2.65. The van der Waals surface area contributed by atoms with Gasteiger partial charge in [-0.3, -0.25) is 4.79 Å². The maximum atomic E-state index is 13.6. The monoisotopic (exact) mass is 334 g/mol. The first-order chi connectivity index (χ1) is 12.2. The van der Waals surface area contributed by atoms with Crippen molar-refractivity contribution in [2.24, 2.45) is 0 Å². The molecule has 0 aromatic heterocycles. The van der Waals surface area contributed by atoms with Crippen LogP contribution in [-0.2, 0) is 10.3 Å². The molecule has 1 amide bonds. The Balaban J connectivity index is 1.90. The Morgan fingerprint density at radius 3 is 2.20 bits per heavy atom. The highest BCUT2D eigenvalue weighted by Crippen LogP contribution is 2.49. The van der Waals surface area contributed by atoms with Crippen molar-refractivity contribution in [1.29, 1.82) is 0 Å². The summed E-state index contributed by atoms with van der Waals surface area (Å²) in [6, 6.07) is 19.4. The molecule has 2 aromatic rings. The number of carbonyl (C=O) groups is 1. The minimum absolute atomic E-state index is 0.0642. The lowest BCUT2D eigenvalue weighted by atomic mass is 9.66. The first kappa shape index (κ1) is 15.9. The quantitative estimate of drug-likeness (QED) is 0.639. The number of nitrogens with zero attached hydrogens (tertiary/aromatic N) is 2. The largest absolute Gasteiger partial charge is 0.623 e. The van der Waals surface area contributed by atoms with Crippen molar-refractivity contribution in [1.82, 2.24) is 4.90 Å². The van der Waals surface area contributed by atoms with Crippen LogP contribution in [0.3, 0.4) is 0 Å². The van der Waals surface area contributed by atoms with Gasteiger partial charge in [-0.2, -0.15) is 4.74 Å². The first-order valence-corrected chi connectivity index (χ1v) is 8.88. The molecule has 2 aliphatic heterocycles. The van der Waals surface area contributed by atoms with Gasteiger partial charge in [0.2, 0.25) is 0 Å². The lowest BCUT2D eigenvalue weighted by molar-refractivity contribution is -0.578. The maximum absolute atomic E-state index is 13.6. The SMILES string of the molecule is CC1=[N+]([O-])[C@](C(=O)N2CCCC2)(c2ccccc2)[C@H]1c1ccccc1. The van der Waals surface area contributed by atoms with Gasteiger partial charge in [0.1, 0.15) is 5.92 Å². The van der Waals surface area contributed by atoms with E-state index >= 15 is 0 Å². The van der Waals surface area contributed by atoms with Crippen molar-refractivity contribution in [2.75, 3.05) is 13.1 Å². The van der Waals surface area contributed by atoms with Crippen molar-refractivity contribution in [3.8, 4) is 0 Å². The second kappa shape index (κ2) is 6.03. The van der Waals surface area contributed by atoms with Crippen LogP contribution in [0.5, 0.6) is 0 Å². The van der Waals surface area contributed by atoms with Crippen LogP contribution in [0, 0.1) is 5.21 Å². The smallest absolute Gasteiger partial charge is 0.301 e.